The van der Waals surface area contributed by atoms with Crippen molar-refractivity contribution in [3.63, 3.8) is 0 Å². The summed E-state index contributed by atoms with van der Waals surface area (Å²) in [7, 11) is 0. The smallest absolute Gasteiger partial charge is 0.247 e. The van der Waals surface area contributed by atoms with Gasteiger partial charge in [-0.05, 0) is 66.5 Å². The molecule has 2 amide bonds. The van der Waals surface area contributed by atoms with Crippen LogP contribution in [0.1, 0.15) is 57.8 Å². The number of carbonyl (C=O) groups is 2. The van der Waals surface area contributed by atoms with Gasteiger partial charge in [0.25, 0.3) is 0 Å². The molecule has 0 spiro atoms. The van der Waals surface area contributed by atoms with Crippen LogP contribution >= 0.6 is 22.6 Å². The van der Waals surface area contributed by atoms with Gasteiger partial charge in [-0.3, -0.25) is 9.59 Å². The number of amides is 2. The summed E-state index contributed by atoms with van der Waals surface area (Å²) in [5, 5.41) is 23.4. The number of aliphatic hydroxyl groups is 2. The fourth-order valence-corrected chi connectivity index (χ4v) is 5.79. The summed E-state index contributed by atoms with van der Waals surface area (Å²) in [6, 6.07) is 7.12. The molecule has 0 saturated heterocycles. The third kappa shape index (κ3) is 5.76. The van der Waals surface area contributed by atoms with E-state index in [1.54, 1.807) is 6.08 Å². The number of para-hydroxylation sites is 1. The molecule has 3 aliphatic carbocycles. The van der Waals surface area contributed by atoms with E-state index in [2.05, 4.69) is 27.9 Å². The van der Waals surface area contributed by atoms with Gasteiger partial charge >= 0.3 is 0 Å². The van der Waals surface area contributed by atoms with E-state index >= 15 is 0 Å². The highest BCUT2D eigenvalue weighted by molar-refractivity contribution is 14.1. The molecule has 3 aliphatic rings. The van der Waals surface area contributed by atoms with Gasteiger partial charge in [0.1, 0.15) is 18.0 Å². The first-order valence-corrected chi connectivity index (χ1v) is 13.6. The normalized spacial score (nSPS) is 25.7. The van der Waals surface area contributed by atoms with Crippen LogP contribution in [-0.2, 0) is 9.59 Å². The van der Waals surface area contributed by atoms with Gasteiger partial charge in [0.2, 0.25) is 11.8 Å². The van der Waals surface area contributed by atoms with Crippen LogP contribution in [0.2, 0.25) is 0 Å². The summed E-state index contributed by atoms with van der Waals surface area (Å²) < 4.78 is 7.14. The Labute approximate surface area is 215 Å². The highest BCUT2D eigenvalue weighted by Gasteiger charge is 2.45. The van der Waals surface area contributed by atoms with Gasteiger partial charge < -0.3 is 25.2 Å². The average molecular weight is 582 g/mol. The summed E-state index contributed by atoms with van der Waals surface area (Å²) in [5.41, 5.74) is 0.488. The Hall–Kier alpha value is -1.65. The zero-order valence-corrected chi connectivity index (χ0v) is 21.7. The average Bonchev–Trinajstić information content (AvgIpc) is 2.81. The summed E-state index contributed by atoms with van der Waals surface area (Å²) in [6.45, 7) is 0.000419. The number of rotatable bonds is 8. The van der Waals surface area contributed by atoms with Crippen LogP contribution in [0.5, 0.6) is 5.75 Å². The van der Waals surface area contributed by atoms with Crippen molar-refractivity contribution < 1.29 is 24.5 Å². The molecule has 1 aromatic carbocycles. The summed E-state index contributed by atoms with van der Waals surface area (Å²) in [5.74, 6) is 0.476. The maximum absolute atomic E-state index is 13.7. The van der Waals surface area contributed by atoms with Gasteiger partial charge in [-0.2, -0.15) is 0 Å². The highest BCUT2D eigenvalue weighted by Crippen LogP contribution is 2.37. The Morgan fingerprint density at radius 2 is 1.82 bits per heavy atom. The number of benzene rings is 1. The summed E-state index contributed by atoms with van der Waals surface area (Å²) >= 11 is 2.19. The molecular formula is C26H35IN2O5. The Kier molecular flexibility index (Phi) is 8.87. The molecule has 0 bridgehead atoms. The Bertz CT molecular complexity index is 897. The van der Waals surface area contributed by atoms with Crippen LogP contribution in [0.4, 0.5) is 0 Å². The van der Waals surface area contributed by atoms with E-state index < -0.39 is 18.2 Å². The molecule has 1 aromatic rings. The van der Waals surface area contributed by atoms with Crippen molar-refractivity contribution in [2.75, 3.05) is 13.2 Å². The molecule has 3 unspecified atom stereocenters. The van der Waals surface area contributed by atoms with Gasteiger partial charge in [0.05, 0.1) is 16.2 Å². The van der Waals surface area contributed by atoms with E-state index in [4.69, 9.17) is 9.84 Å². The lowest BCUT2D eigenvalue weighted by Crippen LogP contribution is -2.60. The third-order valence-corrected chi connectivity index (χ3v) is 8.24. The minimum atomic E-state index is -0.948. The summed E-state index contributed by atoms with van der Waals surface area (Å²) in [4.78, 5) is 28.5. The monoisotopic (exact) mass is 582 g/mol. The third-order valence-electron chi connectivity index (χ3n) is 7.35. The standard InChI is InChI=1S/C26H35IN2O5/c27-20-11-4-5-12-22(20)34-23-16-18(25(32)28-13-14-30)15-21(24(23)31)29(19-9-2-1-3-10-19)26(33)17-7-6-8-17/h4-5,11-12,16-17,19,21,23-24,30-31H,1-3,6-10,13-15H2,(H,28,32). The Morgan fingerprint density at radius 3 is 2.47 bits per heavy atom. The van der Waals surface area contributed by atoms with E-state index in [1.165, 1.54) is 6.42 Å². The van der Waals surface area contributed by atoms with E-state index in [0.717, 1.165) is 48.5 Å². The van der Waals surface area contributed by atoms with Gasteiger partial charge in [-0.15, -0.1) is 0 Å². The second-order valence-electron chi connectivity index (χ2n) is 9.61. The molecule has 8 heteroatoms. The molecule has 2 fully saturated rings. The lowest BCUT2D eigenvalue weighted by atomic mass is 9.80. The number of nitrogens with zero attached hydrogens (tertiary/aromatic N) is 1. The van der Waals surface area contributed by atoms with Gasteiger partial charge in [-0.25, -0.2) is 0 Å². The van der Waals surface area contributed by atoms with Crippen LogP contribution in [0, 0.1) is 9.49 Å². The predicted molar refractivity (Wildman–Crippen MR) is 137 cm³/mol. The molecule has 0 aliphatic heterocycles. The number of ether oxygens (including phenoxy) is 1. The number of aliphatic hydroxyl groups excluding tert-OH is 2. The van der Waals surface area contributed by atoms with Crippen molar-refractivity contribution >= 4 is 34.4 Å². The van der Waals surface area contributed by atoms with Gasteiger partial charge in [-0.1, -0.05) is 37.8 Å². The van der Waals surface area contributed by atoms with Crippen molar-refractivity contribution in [3.05, 3.63) is 39.5 Å². The maximum Gasteiger partial charge on any atom is 0.247 e. The first-order valence-electron chi connectivity index (χ1n) is 12.5. The topological polar surface area (TPSA) is 99.1 Å². The second kappa shape index (κ2) is 11.9. The first-order chi connectivity index (χ1) is 16.5. The lowest BCUT2D eigenvalue weighted by Gasteiger charge is -2.47. The van der Waals surface area contributed by atoms with Crippen molar-refractivity contribution in [2.45, 2.75) is 82.1 Å². The molecule has 34 heavy (non-hydrogen) atoms. The van der Waals surface area contributed by atoms with E-state index in [1.807, 2.05) is 29.2 Å². The minimum absolute atomic E-state index is 0.0149. The SMILES string of the molecule is O=C(NCCO)C1=CC(Oc2ccccc2I)C(O)C(N(C(=O)C2CCC2)C2CCCCC2)C1. The Morgan fingerprint density at radius 1 is 1.09 bits per heavy atom. The Balaban J connectivity index is 1.65. The van der Waals surface area contributed by atoms with Crippen molar-refractivity contribution in [3.8, 4) is 5.75 Å². The molecule has 3 atom stereocenters. The van der Waals surface area contributed by atoms with E-state index in [0.29, 0.717) is 11.3 Å². The van der Waals surface area contributed by atoms with Crippen LogP contribution in [-0.4, -0.2) is 64.4 Å². The fourth-order valence-electron chi connectivity index (χ4n) is 5.27. The molecule has 3 N–H and O–H groups in total. The van der Waals surface area contributed by atoms with Crippen LogP contribution in [0.3, 0.4) is 0 Å². The lowest BCUT2D eigenvalue weighted by molar-refractivity contribution is -0.150. The summed E-state index contributed by atoms with van der Waals surface area (Å²) in [6.07, 6.45) is 8.28. The zero-order valence-electron chi connectivity index (χ0n) is 19.5. The number of nitrogens with one attached hydrogen (secondary N) is 1. The van der Waals surface area contributed by atoms with Crippen LogP contribution in [0.15, 0.2) is 35.9 Å². The van der Waals surface area contributed by atoms with Crippen LogP contribution < -0.4 is 10.1 Å². The maximum atomic E-state index is 13.7. The van der Waals surface area contributed by atoms with E-state index in [9.17, 15) is 14.7 Å². The number of halogens is 1. The van der Waals surface area contributed by atoms with Crippen LogP contribution in [0.25, 0.3) is 0 Å². The fraction of sp³-hybridized carbons (Fsp3) is 0.615. The molecular weight excluding hydrogens is 547 g/mol. The molecule has 4 rings (SSSR count). The number of hydrogen-bond acceptors (Lipinski definition) is 5. The zero-order chi connectivity index (χ0) is 24.1. The quantitative estimate of drug-likeness (QED) is 0.410. The highest BCUT2D eigenvalue weighted by atomic mass is 127. The molecule has 7 nitrogen and oxygen atoms in total. The molecule has 0 heterocycles. The molecule has 186 valence electrons. The predicted octanol–water partition coefficient (Wildman–Crippen LogP) is 3.17. The minimum Gasteiger partial charge on any atom is -0.482 e. The number of carbonyl (C=O) groups excluding carboxylic acids is 2. The van der Waals surface area contributed by atoms with Crippen molar-refractivity contribution in [1.82, 2.24) is 10.2 Å². The van der Waals surface area contributed by atoms with Gasteiger partial charge in [0.15, 0.2) is 0 Å². The molecule has 0 aromatic heterocycles. The molecule has 0 radical (unpaired) electrons. The number of hydrogen-bond donors (Lipinski definition) is 3. The van der Waals surface area contributed by atoms with Gasteiger partial charge in [0, 0.05) is 30.5 Å². The first kappa shape index (κ1) is 25.4. The van der Waals surface area contributed by atoms with Crippen molar-refractivity contribution in [2.24, 2.45) is 5.92 Å². The van der Waals surface area contributed by atoms with E-state index in [-0.39, 0.29) is 43.3 Å². The largest absolute Gasteiger partial charge is 0.482 e. The molecule has 2 saturated carbocycles. The second-order valence-corrected chi connectivity index (χ2v) is 10.8. The van der Waals surface area contributed by atoms with Crippen molar-refractivity contribution in [1.29, 1.82) is 0 Å².